The molecule has 1 aliphatic heterocycles. The number of alkyl halides is 3. The second-order valence-corrected chi connectivity index (χ2v) is 4.32. The molecule has 0 aliphatic carbocycles. The molecule has 1 rings (SSSR count). The Balaban J connectivity index is 2.57. The average Bonchev–Trinajstić information content (AvgIpc) is 2.59. The topological polar surface area (TPSA) is 58.4 Å². The molecule has 2 atom stereocenters. The lowest BCUT2D eigenvalue weighted by Gasteiger charge is -2.29. The molecule has 1 amide bonds. The van der Waals surface area contributed by atoms with E-state index in [2.05, 4.69) is 5.32 Å². The van der Waals surface area contributed by atoms with Crippen molar-refractivity contribution >= 4 is 5.91 Å². The standard InChI is InChI=1S/C10H18F3N3O/c1-7(17)15-8-3-5-16(6-8)9(2-4-14)10(11,12)13/h8-9H,2-6,14H2,1H3,(H,15,17). The molecule has 1 fully saturated rings. The number of nitrogens with zero attached hydrogens (tertiary/aromatic N) is 1. The van der Waals surface area contributed by atoms with E-state index < -0.39 is 12.2 Å². The number of carbonyl (C=O) groups excluding carboxylic acids is 1. The number of nitrogens with one attached hydrogen (secondary N) is 1. The molecule has 1 aliphatic rings. The van der Waals surface area contributed by atoms with E-state index in [0.717, 1.165) is 0 Å². The highest BCUT2D eigenvalue weighted by Gasteiger charge is 2.44. The minimum absolute atomic E-state index is 0.00544. The van der Waals surface area contributed by atoms with Crippen LogP contribution in [0.25, 0.3) is 0 Å². The van der Waals surface area contributed by atoms with Gasteiger partial charge in [0.25, 0.3) is 0 Å². The maximum atomic E-state index is 12.8. The van der Waals surface area contributed by atoms with Crippen molar-refractivity contribution < 1.29 is 18.0 Å². The highest BCUT2D eigenvalue weighted by molar-refractivity contribution is 5.73. The third-order valence-corrected chi connectivity index (χ3v) is 2.89. The Hall–Kier alpha value is -0.820. The summed E-state index contributed by atoms with van der Waals surface area (Å²) in [5, 5.41) is 2.64. The van der Waals surface area contributed by atoms with Gasteiger partial charge < -0.3 is 11.1 Å². The summed E-state index contributed by atoms with van der Waals surface area (Å²) >= 11 is 0. The Kier molecular flexibility index (Phi) is 4.76. The van der Waals surface area contributed by atoms with Crippen molar-refractivity contribution in [2.24, 2.45) is 5.73 Å². The molecule has 7 heteroatoms. The highest BCUT2D eigenvalue weighted by Crippen LogP contribution is 2.29. The number of hydrogen-bond acceptors (Lipinski definition) is 3. The SMILES string of the molecule is CC(=O)NC1CCN(C(CCN)C(F)(F)F)C1. The van der Waals surface area contributed by atoms with Gasteiger partial charge in [-0.2, -0.15) is 13.2 Å². The Bertz CT molecular complexity index is 270. The summed E-state index contributed by atoms with van der Waals surface area (Å²) in [7, 11) is 0. The summed E-state index contributed by atoms with van der Waals surface area (Å²) < 4.78 is 38.3. The molecule has 0 spiro atoms. The first-order valence-corrected chi connectivity index (χ1v) is 5.62. The fraction of sp³-hybridized carbons (Fsp3) is 0.900. The van der Waals surface area contributed by atoms with Crippen molar-refractivity contribution in [2.45, 2.75) is 38.0 Å². The van der Waals surface area contributed by atoms with Crippen LogP contribution in [0.2, 0.25) is 0 Å². The monoisotopic (exact) mass is 253 g/mol. The van der Waals surface area contributed by atoms with Gasteiger partial charge in [0, 0.05) is 26.1 Å². The van der Waals surface area contributed by atoms with Crippen molar-refractivity contribution in [3.63, 3.8) is 0 Å². The van der Waals surface area contributed by atoms with Gasteiger partial charge >= 0.3 is 6.18 Å². The molecule has 17 heavy (non-hydrogen) atoms. The maximum absolute atomic E-state index is 12.8. The minimum atomic E-state index is -4.26. The number of rotatable bonds is 4. The van der Waals surface area contributed by atoms with Crippen LogP contribution in [0.3, 0.4) is 0 Å². The van der Waals surface area contributed by atoms with Crippen LogP contribution < -0.4 is 11.1 Å². The van der Waals surface area contributed by atoms with E-state index in [4.69, 9.17) is 5.73 Å². The predicted octanol–water partition coefficient (Wildman–Crippen LogP) is 0.476. The largest absolute Gasteiger partial charge is 0.404 e. The zero-order valence-corrected chi connectivity index (χ0v) is 9.76. The lowest BCUT2D eigenvalue weighted by Crippen LogP contribution is -2.47. The van der Waals surface area contributed by atoms with Crippen molar-refractivity contribution in [2.75, 3.05) is 19.6 Å². The van der Waals surface area contributed by atoms with Crippen LogP contribution in [0.15, 0.2) is 0 Å². The third-order valence-electron chi connectivity index (χ3n) is 2.89. The summed E-state index contributed by atoms with van der Waals surface area (Å²) in [5.41, 5.74) is 5.21. The molecule has 0 aromatic rings. The van der Waals surface area contributed by atoms with Gasteiger partial charge in [-0.1, -0.05) is 0 Å². The van der Waals surface area contributed by atoms with E-state index >= 15 is 0 Å². The first kappa shape index (κ1) is 14.2. The lowest BCUT2D eigenvalue weighted by molar-refractivity contribution is -0.182. The Labute approximate surface area is 98.3 Å². The fourth-order valence-electron chi connectivity index (χ4n) is 2.19. The summed E-state index contributed by atoms with van der Waals surface area (Å²) in [6, 6.07) is -1.68. The number of hydrogen-bond donors (Lipinski definition) is 2. The maximum Gasteiger partial charge on any atom is 0.404 e. The van der Waals surface area contributed by atoms with Crippen molar-refractivity contribution in [1.82, 2.24) is 10.2 Å². The van der Waals surface area contributed by atoms with Crippen molar-refractivity contribution in [1.29, 1.82) is 0 Å². The second kappa shape index (κ2) is 5.68. The molecular weight excluding hydrogens is 235 g/mol. The zero-order chi connectivity index (χ0) is 13.1. The Morgan fingerprint density at radius 1 is 1.59 bits per heavy atom. The quantitative estimate of drug-likeness (QED) is 0.766. The van der Waals surface area contributed by atoms with E-state index in [9.17, 15) is 18.0 Å². The molecule has 0 bridgehead atoms. The number of amides is 1. The van der Waals surface area contributed by atoms with Crippen molar-refractivity contribution in [3.8, 4) is 0 Å². The first-order valence-electron chi connectivity index (χ1n) is 5.62. The lowest BCUT2D eigenvalue weighted by atomic mass is 10.1. The summed E-state index contributed by atoms with van der Waals surface area (Å²) in [5.74, 6) is -0.209. The molecule has 2 unspecified atom stereocenters. The summed E-state index contributed by atoms with van der Waals surface area (Å²) in [4.78, 5) is 12.2. The molecule has 100 valence electrons. The van der Waals surface area contributed by atoms with Crippen LogP contribution in [0.4, 0.5) is 13.2 Å². The van der Waals surface area contributed by atoms with Crippen LogP contribution in [0, 0.1) is 0 Å². The van der Waals surface area contributed by atoms with Gasteiger partial charge in [-0.05, 0) is 19.4 Å². The third kappa shape index (κ3) is 4.16. The van der Waals surface area contributed by atoms with Crippen LogP contribution in [-0.2, 0) is 4.79 Å². The normalized spacial score (nSPS) is 23.7. The van der Waals surface area contributed by atoms with Gasteiger partial charge in [-0.15, -0.1) is 0 Å². The number of halogens is 3. The molecule has 3 N–H and O–H groups in total. The van der Waals surface area contributed by atoms with E-state index in [1.165, 1.54) is 11.8 Å². The molecule has 0 radical (unpaired) electrons. The molecule has 0 saturated carbocycles. The molecule has 1 heterocycles. The van der Waals surface area contributed by atoms with E-state index in [1.54, 1.807) is 0 Å². The molecule has 4 nitrogen and oxygen atoms in total. The van der Waals surface area contributed by atoms with Gasteiger partial charge in [0.05, 0.1) is 0 Å². The number of nitrogens with two attached hydrogens (primary N) is 1. The molecule has 1 saturated heterocycles. The van der Waals surface area contributed by atoms with E-state index in [0.29, 0.717) is 13.0 Å². The number of likely N-dealkylation sites (tertiary alicyclic amines) is 1. The first-order chi connectivity index (χ1) is 7.84. The second-order valence-electron chi connectivity index (χ2n) is 4.32. The van der Waals surface area contributed by atoms with E-state index in [-0.39, 0.29) is 31.5 Å². The molecule has 0 aromatic heterocycles. The summed E-state index contributed by atoms with van der Waals surface area (Å²) in [6.45, 7) is 1.95. The van der Waals surface area contributed by atoms with Crippen LogP contribution in [-0.4, -0.2) is 48.7 Å². The fourth-order valence-corrected chi connectivity index (χ4v) is 2.19. The van der Waals surface area contributed by atoms with Crippen molar-refractivity contribution in [3.05, 3.63) is 0 Å². The molecule has 0 aromatic carbocycles. The van der Waals surface area contributed by atoms with Crippen LogP contribution in [0.1, 0.15) is 19.8 Å². The van der Waals surface area contributed by atoms with Gasteiger partial charge in [-0.25, -0.2) is 0 Å². The molecular formula is C10H18F3N3O. The Morgan fingerprint density at radius 3 is 2.71 bits per heavy atom. The van der Waals surface area contributed by atoms with E-state index in [1.807, 2.05) is 0 Å². The van der Waals surface area contributed by atoms with Crippen LogP contribution >= 0.6 is 0 Å². The summed E-state index contributed by atoms with van der Waals surface area (Å²) in [6.07, 6.45) is -3.81. The minimum Gasteiger partial charge on any atom is -0.352 e. The smallest absolute Gasteiger partial charge is 0.352 e. The Morgan fingerprint density at radius 2 is 2.24 bits per heavy atom. The van der Waals surface area contributed by atoms with Gasteiger partial charge in [-0.3, -0.25) is 9.69 Å². The zero-order valence-electron chi connectivity index (χ0n) is 9.76. The average molecular weight is 253 g/mol. The highest BCUT2D eigenvalue weighted by atomic mass is 19.4. The van der Waals surface area contributed by atoms with Crippen LogP contribution in [0.5, 0.6) is 0 Å². The van der Waals surface area contributed by atoms with Gasteiger partial charge in [0.15, 0.2) is 0 Å². The van der Waals surface area contributed by atoms with Gasteiger partial charge in [0.1, 0.15) is 6.04 Å². The van der Waals surface area contributed by atoms with Gasteiger partial charge in [0.2, 0.25) is 5.91 Å². The predicted molar refractivity (Wildman–Crippen MR) is 57.3 cm³/mol. The number of carbonyl (C=O) groups is 1.